The highest BCUT2D eigenvalue weighted by molar-refractivity contribution is 4.89. The van der Waals surface area contributed by atoms with Gasteiger partial charge in [-0.25, -0.2) is 0 Å². The fourth-order valence-corrected chi connectivity index (χ4v) is 0.821. The van der Waals surface area contributed by atoms with E-state index in [9.17, 15) is 0 Å². The van der Waals surface area contributed by atoms with Crippen LogP contribution in [-0.4, -0.2) is 24.3 Å². The number of hydrogen-bond donors (Lipinski definition) is 1. The van der Waals surface area contributed by atoms with Crippen LogP contribution in [0, 0.1) is 0 Å². The summed E-state index contributed by atoms with van der Waals surface area (Å²) in [5.74, 6) is 0. The van der Waals surface area contributed by atoms with Crippen LogP contribution < -0.4 is 0 Å². The molecular formula is C7H12O3. The van der Waals surface area contributed by atoms with Crippen LogP contribution in [-0.2, 0) is 9.47 Å². The van der Waals surface area contributed by atoms with Crippen molar-refractivity contribution in [3.05, 3.63) is 12.2 Å². The SMILES string of the molecule is CCO[C@@H]1C=CC[C@H](O)O1. The van der Waals surface area contributed by atoms with Gasteiger partial charge in [0.05, 0.1) is 0 Å². The third-order valence-electron chi connectivity index (χ3n) is 1.25. The molecule has 0 aromatic carbocycles. The first-order chi connectivity index (χ1) is 4.83. The van der Waals surface area contributed by atoms with Crippen molar-refractivity contribution in [3.8, 4) is 0 Å². The van der Waals surface area contributed by atoms with Crippen molar-refractivity contribution in [1.82, 2.24) is 0 Å². The molecule has 0 amide bonds. The molecular weight excluding hydrogens is 132 g/mol. The molecule has 0 saturated heterocycles. The molecule has 0 aromatic rings. The molecule has 3 heteroatoms. The standard InChI is InChI=1S/C7H12O3/c1-2-9-7-5-3-4-6(8)10-7/h3,5-8H,2,4H2,1H3/t6-,7+/m1/s1. The third kappa shape index (κ3) is 2.10. The Morgan fingerprint density at radius 2 is 2.60 bits per heavy atom. The zero-order valence-corrected chi connectivity index (χ0v) is 5.99. The van der Waals surface area contributed by atoms with Crippen molar-refractivity contribution in [3.63, 3.8) is 0 Å². The third-order valence-corrected chi connectivity index (χ3v) is 1.25. The lowest BCUT2D eigenvalue weighted by Crippen LogP contribution is -2.25. The Balaban J connectivity index is 2.32. The topological polar surface area (TPSA) is 38.7 Å². The molecule has 0 aromatic heterocycles. The summed E-state index contributed by atoms with van der Waals surface area (Å²) in [6, 6.07) is 0. The van der Waals surface area contributed by atoms with Crippen molar-refractivity contribution < 1.29 is 14.6 Å². The molecule has 0 radical (unpaired) electrons. The highest BCUT2D eigenvalue weighted by Gasteiger charge is 2.14. The lowest BCUT2D eigenvalue weighted by Gasteiger charge is -2.21. The minimum absolute atomic E-state index is 0.353. The molecule has 58 valence electrons. The summed E-state index contributed by atoms with van der Waals surface area (Å²) in [5.41, 5.74) is 0. The number of rotatable bonds is 2. The van der Waals surface area contributed by atoms with Gasteiger partial charge >= 0.3 is 0 Å². The summed E-state index contributed by atoms with van der Waals surface area (Å²) < 4.78 is 10.1. The van der Waals surface area contributed by atoms with Gasteiger partial charge in [-0.15, -0.1) is 0 Å². The van der Waals surface area contributed by atoms with Crippen LogP contribution in [0.5, 0.6) is 0 Å². The smallest absolute Gasteiger partial charge is 0.179 e. The first-order valence-electron chi connectivity index (χ1n) is 3.44. The first-order valence-corrected chi connectivity index (χ1v) is 3.44. The highest BCUT2D eigenvalue weighted by atomic mass is 16.7. The van der Waals surface area contributed by atoms with Crippen molar-refractivity contribution in [2.75, 3.05) is 6.61 Å². The van der Waals surface area contributed by atoms with Crippen LogP contribution in [0.3, 0.4) is 0 Å². The fraction of sp³-hybridized carbons (Fsp3) is 0.714. The number of aliphatic hydroxyl groups excluding tert-OH is 1. The van der Waals surface area contributed by atoms with E-state index >= 15 is 0 Å². The predicted octanol–water partition coefficient (Wildman–Crippen LogP) is 0.644. The van der Waals surface area contributed by atoms with Crippen LogP contribution in [0.25, 0.3) is 0 Å². The average molecular weight is 144 g/mol. The van der Waals surface area contributed by atoms with Gasteiger partial charge in [-0.05, 0) is 13.0 Å². The van der Waals surface area contributed by atoms with E-state index in [1.54, 1.807) is 6.08 Å². The second-order valence-electron chi connectivity index (χ2n) is 2.08. The van der Waals surface area contributed by atoms with Crippen molar-refractivity contribution >= 4 is 0 Å². The molecule has 1 aliphatic heterocycles. The van der Waals surface area contributed by atoms with Crippen molar-refractivity contribution in [2.45, 2.75) is 25.9 Å². The average Bonchev–Trinajstić information content (AvgIpc) is 1.88. The Kier molecular flexibility index (Phi) is 2.86. The van der Waals surface area contributed by atoms with Crippen LogP contribution in [0.15, 0.2) is 12.2 Å². The molecule has 0 saturated carbocycles. The number of ether oxygens (including phenoxy) is 2. The van der Waals surface area contributed by atoms with Gasteiger partial charge < -0.3 is 14.6 Å². The van der Waals surface area contributed by atoms with Crippen molar-refractivity contribution in [1.29, 1.82) is 0 Å². The van der Waals surface area contributed by atoms with E-state index in [1.807, 2.05) is 13.0 Å². The second-order valence-corrected chi connectivity index (χ2v) is 2.08. The zero-order valence-electron chi connectivity index (χ0n) is 5.99. The van der Waals surface area contributed by atoms with E-state index in [-0.39, 0.29) is 6.29 Å². The van der Waals surface area contributed by atoms with E-state index < -0.39 is 6.29 Å². The maximum atomic E-state index is 8.95. The van der Waals surface area contributed by atoms with Gasteiger partial charge in [0.2, 0.25) is 0 Å². The summed E-state index contributed by atoms with van der Waals surface area (Å²) in [5, 5.41) is 8.95. The Morgan fingerprint density at radius 1 is 1.80 bits per heavy atom. The minimum atomic E-state index is -0.693. The summed E-state index contributed by atoms with van der Waals surface area (Å²) >= 11 is 0. The lowest BCUT2D eigenvalue weighted by molar-refractivity contribution is -0.210. The van der Waals surface area contributed by atoms with Crippen LogP contribution in [0.2, 0.25) is 0 Å². The van der Waals surface area contributed by atoms with Gasteiger partial charge in [0, 0.05) is 13.0 Å². The van der Waals surface area contributed by atoms with E-state index in [2.05, 4.69) is 0 Å². The maximum Gasteiger partial charge on any atom is 0.179 e. The minimum Gasteiger partial charge on any atom is -0.368 e. The van der Waals surface area contributed by atoms with Gasteiger partial charge in [0.15, 0.2) is 12.6 Å². The Morgan fingerprint density at radius 3 is 3.20 bits per heavy atom. The quantitative estimate of drug-likeness (QED) is 0.578. The van der Waals surface area contributed by atoms with Gasteiger partial charge in [-0.3, -0.25) is 0 Å². The largest absolute Gasteiger partial charge is 0.368 e. The molecule has 1 rings (SSSR count). The van der Waals surface area contributed by atoms with Gasteiger partial charge in [-0.2, -0.15) is 0 Å². The summed E-state index contributed by atoms with van der Waals surface area (Å²) in [6.45, 7) is 2.49. The van der Waals surface area contributed by atoms with E-state index in [1.165, 1.54) is 0 Å². The zero-order chi connectivity index (χ0) is 7.40. The highest BCUT2D eigenvalue weighted by Crippen LogP contribution is 2.10. The summed E-state index contributed by atoms with van der Waals surface area (Å²) in [6.07, 6.45) is 3.17. The Hall–Kier alpha value is -0.380. The molecule has 0 aliphatic carbocycles. The molecule has 1 aliphatic rings. The molecule has 2 atom stereocenters. The van der Waals surface area contributed by atoms with Crippen molar-refractivity contribution in [2.24, 2.45) is 0 Å². The Labute approximate surface area is 60.3 Å². The fourth-order valence-electron chi connectivity index (χ4n) is 0.821. The maximum absolute atomic E-state index is 8.95. The molecule has 10 heavy (non-hydrogen) atoms. The number of aliphatic hydroxyl groups is 1. The molecule has 0 unspecified atom stereocenters. The van der Waals surface area contributed by atoms with Gasteiger partial charge in [-0.1, -0.05) is 6.08 Å². The molecule has 1 heterocycles. The molecule has 0 spiro atoms. The first kappa shape index (κ1) is 7.72. The normalized spacial score (nSPS) is 32.6. The van der Waals surface area contributed by atoms with Gasteiger partial charge in [0.25, 0.3) is 0 Å². The lowest BCUT2D eigenvalue weighted by atomic mass is 10.3. The molecule has 1 N–H and O–H groups in total. The van der Waals surface area contributed by atoms with Gasteiger partial charge in [0.1, 0.15) is 0 Å². The molecule has 0 fully saturated rings. The van der Waals surface area contributed by atoms with E-state index in [0.717, 1.165) is 0 Å². The Bertz CT molecular complexity index is 122. The summed E-state index contributed by atoms with van der Waals surface area (Å²) in [4.78, 5) is 0. The van der Waals surface area contributed by atoms with Crippen LogP contribution >= 0.6 is 0 Å². The summed E-state index contributed by atoms with van der Waals surface area (Å²) in [7, 11) is 0. The van der Waals surface area contributed by atoms with E-state index in [4.69, 9.17) is 14.6 Å². The van der Waals surface area contributed by atoms with E-state index in [0.29, 0.717) is 13.0 Å². The monoisotopic (exact) mass is 144 g/mol. The molecule has 0 bridgehead atoms. The number of hydrogen-bond acceptors (Lipinski definition) is 3. The predicted molar refractivity (Wildman–Crippen MR) is 36.3 cm³/mol. The van der Waals surface area contributed by atoms with Crippen LogP contribution in [0.4, 0.5) is 0 Å². The second kappa shape index (κ2) is 3.71. The molecule has 3 nitrogen and oxygen atoms in total. The van der Waals surface area contributed by atoms with Crippen LogP contribution in [0.1, 0.15) is 13.3 Å².